The Hall–Kier alpha value is -1.63. The highest BCUT2D eigenvalue weighted by molar-refractivity contribution is 5.35. The third kappa shape index (κ3) is 3.44. The van der Waals surface area contributed by atoms with Gasteiger partial charge < -0.3 is 20.5 Å². The van der Waals surface area contributed by atoms with Crippen molar-refractivity contribution < 1.29 is 9.84 Å². The molecule has 1 aliphatic rings. The molecular weight excluding hydrogens is 246 g/mol. The Kier molecular flexibility index (Phi) is 4.04. The quantitative estimate of drug-likeness (QED) is 0.805. The highest BCUT2D eigenvalue weighted by Gasteiger charge is 2.33. The monoisotopic (exact) mass is 267 g/mol. The van der Waals surface area contributed by atoms with Crippen LogP contribution in [0.1, 0.15) is 32.6 Å². The Morgan fingerprint density at radius 1 is 1.32 bits per heavy atom. The summed E-state index contributed by atoms with van der Waals surface area (Å²) in [6, 6.07) is 0.218. The average molecular weight is 267 g/mol. The first kappa shape index (κ1) is 13.8. The van der Waals surface area contributed by atoms with E-state index in [2.05, 4.69) is 15.0 Å². The van der Waals surface area contributed by atoms with Crippen LogP contribution in [0.3, 0.4) is 0 Å². The minimum atomic E-state index is -0.651. The molecule has 0 aromatic carbocycles. The molecule has 7 nitrogen and oxygen atoms in total. The van der Waals surface area contributed by atoms with Crippen LogP contribution in [-0.4, -0.2) is 45.9 Å². The minimum Gasteiger partial charge on any atom is -0.464 e. The van der Waals surface area contributed by atoms with Crippen LogP contribution in [0.15, 0.2) is 0 Å². The summed E-state index contributed by atoms with van der Waals surface area (Å²) < 4.78 is 5.24. The van der Waals surface area contributed by atoms with Gasteiger partial charge in [0.05, 0.1) is 12.2 Å². The van der Waals surface area contributed by atoms with Gasteiger partial charge in [-0.05, 0) is 19.8 Å². The van der Waals surface area contributed by atoms with Crippen molar-refractivity contribution in [3.05, 3.63) is 0 Å². The highest BCUT2D eigenvalue weighted by atomic mass is 16.5. The van der Waals surface area contributed by atoms with Crippen LogP contribution in [0.25, 0.3) is 0 Å². The normalized spacial score (nSPS) is 17.4. The van der Waals surface area contributed by atoms with Gasteiger partial charge in [0.2, 0.25) is 11.9 Å². The van der Waals surface area contributed by atoms with Crippen molar-refractivity contribution in [2.75, 3.05) is 30.8 Å². The van der Waals surface area contributed by atoms with Gasteiger partial charge in [-0.1, -0.05) is 12.8 Å². The van der Waals surface area contributed by atoms with Gasteiger partial charge in [0.25, 0.3) is 0 Å². The molecule has 0 spiro atoms. The fourth-order valence-electron chi connectivity index (χ4n) is 2.43. The first-order valence-corrected chi connectivity index (χ1v) is 6.60. The number of hydrogen-bond donors (Lipinski definition) is 2. The summed E-state index contributed by atoms with van der Waals surface area (Å²) in [6.45, 7) is 2.81. The van der Waals surface area contributed by atoms with Crippen LogP contribution < -0.4 is 15.4 Å². The second-order valence-electron chi connectivity index (χ2n) is 5.00. The first-order chi connectivity index (χ1) is 9.02. The van der Waals surface area contributed by atoms with E-state index in [9.17, 15) is 5.11 Å². The fourth-order valence-corrected chi connectivity index (χ4v) is 2.43. The van der Waals surface area contributed by atoms with Gasteiger partial charge >= 0.3 is 6.01 Å². The maximum Gasteiger partial charge on any atom is 0.323 e. The lowest BCUT2D eigenvalue weighted by Crippen LogP contribution is -2.40. The number of nitrogens with zero attached hydrogens (tertiary/aromatic N) is 4. The predicted molar refractivity (Wildman–Crippen MR) is 72.1 cm³/mol. The van der Waals surface area contributed by atoms with Gasteiger partial charge in [0.15, 0.2) is 0 Å². The molecule has 1 fully saturated rings. The molecule has 1 aromatic heterocycles. The number of nitrogens with two attached hydrogens (primary N) is 1. The van der Waals surface area contributed by atoms with Crippen LogP contribution in [0.2, 0.25) is 0 Å². The number of hydrogen-bond acceptors (Lipinski definition) is 7. The molecule has 3 N–H and O–H groups in total. The van der Waals surface area contributed by atoms with E-state index in [1.165, 1.54) is 0 Å². The molecule has 19 heavy (non-hydrogen) atoms. The summed E-state index contributed by atoms with van der Waals surface area (Å²) in [5, 5.41) is 10.4. The molecule has 1 aliphatic carbocycles. The molecule has 0 aliphatic heterocycles. The number of ether oxygens (including phenoxy) is 1. The van der Waals surface area contributed by atoms with Gasteiger partial charge in [-0.25, -0.2) is 0 Å². The van der Waals surface area contributed by atoms with Crippen LogP contribution in [0, 0.1) is 0 Å². The molecule has 1 saturated carbocycles. The zero-order valence-electron chi connectivity index (χ0n) is 11.5. The highest BCUT2D eigenvalue weighted by Crippen LogP contribution is 2.30. The zero-order valence-corrected chi connectivity index (χ0v) is 11.5. The molecule has 106 valence electrons. The summed E-state index contributed by atoms with van der Waals surface area (Å²) in [5.74, 6) is 0.551. The molecule has 1 aromatic rings. The molecular formula is C12H21N5O2. The van der Waals surface area contributed by atoms with E-state index in [1.54, 1.807) is 4.90 Å². The Morgan fingerprint density at radius 2 is 2.00 bits per heavy atom. The van der Waals surface area contributed by atoms with E-state index in [0.29, 0.717) is 19.1 Å². The largest absolute Gasteiger partial charge is 0.464 e. The van der Waals surface area contributed by atoms with E-state index >= 15 is 0 Å². The minimum absolute atomic E-state index is 0.124. The SMILES string of the molecule is CCOc1nc(N)nc(N(C)CC2(O)CCCC2)n1. The predicted octanol–water partition coefficient (Wildman–Crippen LogP) is 0.594. The number of rotatable bonds is 5. The van der Waals surface area contributed by atoms with Crippen molar-refractivity contribution in [2.24, 2.45) is 0 Å². The van der Waals surface area contributed by atoms with Crippen LogP contribution >= 0.6 is 0 Å². The number of nitrogen functional groups attached to an aromatic ring is 1. The molecule has 0 amide bonds. The molecule has 2 rings (SSSR count). The Balaban J connectivity index is 2.11. The third-order valence-electron chi connectivity index (χ3n) is 3.30. The standard InChI is InChI=1S/C12H21N5O2/c1-3-19-11-15-9(13)14-10(16-11)17(2)8-12(18)6-4-5-7-12/h18H,3-8H2,1-2H3,(H2,13,14,15,16). The summed E-state index contributed by atoms with van der Waals surface area (Å²) in [5.41, 5.74) is 4.99. The number of aliphatic hydroxyl groups is 1. The molecule has 0 radical (unpaired) electrons. The topological polar surface area (TPSA) is 97.4 Å². The second-order valence-corrected chi connectivity index (χ2v) is 5.00. The summed E-state index contributed by atoms with van der Waals surface area (Å²) >= 11 is 0. The fraction of sp³-hybridized carbons (Fsp3) is 0.750. The van der Waals surface area contributed by atoms with Crippen molar-refractivity contribution >= 4 is 11.9 Å². The molecule has 0 saturated heterocycles. The molecule has 7 heteroatoms. The summed E-state index contributed by atoms with van der Waals surface area (Å²) in [7, 11) is 1.83. The van der Waals surface area contributed by atoms with E-state index < -0.39 is 5.60 Å². The van der Waals surface area contributed by atoms with E-state index in [0.717, 1.165) is 25.7 Å². The third-order valence-corrected chi connectivity index (χ3v) is 3.30. The smallest absolute Gasteiger partial charge is 0.323 e. The van der Waals surface area contributed by atoms with Crippen molar-refractivity contribution in [2.45, 2.75) is 38.2 Å². The van der Waals surface area contributed by atoms with Crippen molar-refractivity contribution in [3.63, 3.8) is 0 Å². The summed E-state index contributed by atoms with van der Waals surface area (Å²) in [4.78, 5) is 14.0. The lowest BCUT2D eigenvalue weighted by atomic mass is 10.0. The number of aromatic nitrogens is 3. The van der Waals surface area contributed by atoms with Gasteiger partial charge in [0.1, 0.15) is 0 Å². The van der Waals surface area contributed by atoms with Gasteiger partial charge in [-0.2, -0.15) is 15.0 Å². The van der Waals surface area contributed by atoms with Crippen LogP contribution in [-0.2, 0) is 0 Å². The van der Waals surface area contributed by atoms with Gasteiger partial charge in [-0.3, -0.25) is 0 Å². The zero-order chi connectivity index (χ0) is 13.9. The van der Waals surface area contributed by atoms with Crippen LogP contribution in [0.4, 0.5) is 11.9 Å². The maximum absolute atomic E-state index is 10.4. The first-order valence-electron chi connectivity index (χ1n) is 6.60. The van der Waals surface area contributed by atoms with E-state index in [-0.39, 0.29) is 12.0 Å². The summed E-state index contributed by atoms with van der Waals surface area (Å²) in [6.07, 6.45) is 3.76. The molecule has 1 heterocycles. The van der Waals surface area contributed by atoms with Crippen molar-refractivity contribution in [1.29, 1.82) is 0 Å². The lowest BCUT2D eigenvalue weighted by Gasteiger charge is -2.28. The maximum atomic E-state index is 10.4. The Morgan fingerprint density at radius 3 is 2.63 bits per heavy atom. The van der Waals surface area contributed by atoms with Crippen molar-refractivity contribution in [1.82, 2.24) is 15.0 Å². The van der Waals surface area contributed by atoms with E-state index in [4.69, 9.17) is 10.5 Å². The number of likely N-dealkylation sites (N-methyl/N-ethyl adjacent to an activating group) is 1. The van der Waals surface area contributed by atoms with Gasteiger partial charge in [-0.15, -0.1) is 0 Å². The lowest BCUT2D eigenvalue weighted by molar-refractivity contribution is 0.0556. The molecule has 0 unspecified atom stereocenters. The average Bonchev–Trinajstić information content (AvgIpc) is 2.75. The van der Waals surface area contributed by atoms with Gasteiger partial charge in [0, 0.05) is 13.6 Å². The van der Waals surface area contributed by atoms with Crippen molar-refractivity contribution in [3.8, 4) is 6.01 Å². The Bertz CT molecular complexity index is 434. The Labute approximate surface area is 112 Å². The molecule has 0 bridgehead atoms. The second kappa shape index (κ2) is 5.56. The van der Waals surface area contributed by atoms with Crippen LogP contribution in [0.5, 0.6) is 6.01 Å². The number of anilines is 2. The van der Waals surface area contributed by atoms with E-state index in [1.807, 2.05) is 14.0 Å². The molecule has 0 atom stereocenters.